The molecule has 13 heteroatoms. The van der Waals surface area contributed by atoms with E-state index in [2.05, 4.69) is 10.4 Å². The first kappa shape index (κ1) is 32.6. The van der Waals surface area contributed by atoms with Gasteiger partial charge in [-0.25, -0.2) is 0 Å². The summed E-state index contributed by atoms with van der Waals surface area (Å²) in [6, 6.07) is 18.5. The molecule has 0 spiro atoms. The fourth-order valence-electron chi connectivity index (χ4n) is 5.00. The molecule has 2 amide bonds. The number of aromatic nitrogens is 2. The highest BCUT2D eigenvalue weighted by Crippen LogP contribution is 2.42. The van der Waals surface area contributed by atoms with Crippen molar-refractivity contribution in [3.05, 3.63) is 94.8 Å². The average Bonchev–Trinajstić information content (AvgIpc) is 3.48. The lowest BCUT2D eigenvalue weighted by Gasteiger charge is -2.30. The van der Waals surface area contributed by atoms with Gasteiger partial charge < -0.3 is 15.0 Å². The number of halogens is 1. The summed E-state index contributed by atoms with van der Waals surface area (Å²) < 4.78 is 38.3. The number of carbonyl (C=O) groups excluding carboxylic acids is 2. The van der Waals surface area contributed by atoms with Crippen LogP contribution in [0.5, 0.6) is 5.75 Å². The van der Waals surface area contributed by atoms with E-state index in [0.717, 1.165) is 44.3 Å². The Morgan fingerprint density at radius 1 is 1.13 bits per heavy atom. The maximum Gasteiger partial charge on any atom is 0.266 e. The molecule has 1 aromatic heterocycles. The molecule has 0 bridgehead atoms. The molecule has 0 atom stereocenters. The maximum atomic E-state index is 13.3. The van der Waals surface area contributed by atoms with Gasteiger partial charge in [-0.05, 0) is 49.2 Å². The Kier molecular flexibility index (Phi) is 10.5. The Morgan fingerprint density at radius 2 is 1.93 bits per heavy atom. The molecule has 5 rings (SSSR count). The van der Waals surface area contributed by atoms with Gasteiger partial charge in [0, 0.05) is 63.6 Å². The highest BCUT2D eigenvalue weighted by Gasteiger charge is 2.25. The van der Waals surface area contributed by atoms with Crippen molar-refractivity contribution in [2.24, 2.45) is 0 Å². The molecule has 2 heterocycles. The Morgan fingerprint density at radius 3 is 2.76 bits per heavy atom. The SMILES string of the molecule is Cc1c(Cl)cccc1OCCCC(=O)N1CCSc2c(-c3cnn(Cc4cccc(C(=O)NCCS(=O)(=O)O)c4)c3)cccc21. The lowest BCUT2D eigenvalue weighted by atomic mass is 10.1. The van der Waals surface area contributed by atoms with Crippen LogP contribution in [0.4, 0.5) is 5.69 Å². The fraction of sp³-hybridized carbons (Fsp3) is 0.281. The summed E-state index contributed by atoms with van der Waals surface area (Å²) in [4.78, 5) is 28.6. The smallest absolute Gasteiger partial charge is 0.266 e. The predicted molar refractivity (Wildman–Crippen MR) is 176 cm³/mol. The van der Waals surface area contributed by atoms with Crippen LogP contribution in [-0.2, 0) is 21.5 Å². The van der Waals surface area contributed by atoms with Crippen molar-refractivity contribution in [3.8, 4) is 16.9 Å². The number of ether oxygens (including phenoxy) is 1. The second-order valence-corrected chi connectivity index (χ2v) is 13.6. The van der Waals surface area contributed by atoms with Crippen LogP contribution in [0.1, 0.15) is 34.3 Å². The zero-order chi connectivity index (χ0) is 32.0. The molecule has 2 N–H and O–H groups in total. The van der Waals surface area contributed by atoms with E-state index >= 15 is 0 Å². The van der Waals surface area contributed by atoms with Gasteiger partial charge in [-0.15, -0.1) is 11.8 Å². The molecule has 0 fully saturated rings. The number of thioether (sulfide) groups is 1. The van der Waals surface area contributed by atoms with Crippen LogP contribution >= 0.6 is 23.4 Å². The summed E-state index contributed by atoms with van der Waals surface area (Å²) in [5.74, 6) is 0.574. The van der Waals surface area contributed by atoms with Crippen LogP contribution in [0.3, 0.4) is 0 Å². The first-order chi connectivity index (χ1) is 21.6. The number of carbonyl (C=O) groups is 2. The van der Waals surface area contributed by atoms with E-state index < -0.39 is 21.8 Å². The molecule has 0 radical (unpaired) electrons. The average molecular weight is 669 g/mol. The Labute approximate surface area is 271 Å². The first-order valence-corrected chi connectivity index (χ1v) is 17.4. The van der Waals surface area contributed by atoms with Crippen molar-refractivity contribution in [2.45, 2.75) is 31.2 Å². The van der Waals surface area contributed by atoms with Gasteiger partial charge >= 0.3 is 0 Å². The minimum Gasteiger partial charge on any atom is -0.493 e. The summed E-state index contributed by atoms with van der Waals surface area (Å²) in [6.07, 6.45) is 4.68. The summed E-state index contributed by atoms with van der Waals surface area (Å²) in [5.41, 5.74) is 4.89. The van der Waals surface area contributed by atoms with Gasteiger partial charge in [0.1, 0.15) is 5.75 Å². The molecule has 4 aromatic rings. The lowest BCUT2D eigenvalue weighted by molar-refractivity contribution is -0.118. The Hall–Kier alpha value is -3.84. The van der Waals surface area contributed by atoms with Crippen LogP contribution < -0.4 is 15.0 Å². The first-order valence-electron chi connectivity index (χ1n) is 14.4. The second kappa shape index (κ2) is 14.5. The number of amides is 2. The van der Waals surface area contributed by atoms with Gasteiger partial charge in [0.2, 0.25) is 5.91 Å². The van der Waals surface area contributed by atoms with Gasteiger partial charge in [-0.3, -0.25) is 18.8 Å². The molecule has 0 aliphatic carbocycles. The van der Waals surface area contributed by atoms with Gasteiger partial charge in [-0.1, -0.05) is 41.9 Å². The lowest BCUT2D eigenvalue weighted by Crippen LogP contribution is -2.35. The molecule has 0 saturated heterocycles. The monoisotopic (exact) mass is 668 g/mol. The molecule has 0 unspecified atom stereocenters. The molecular formula is C32H33ClN4O6S2. The number of hydrogen-bond donors (Lipinski definition) is 2. The second-order valence-electron chi connectivity index (χ2n) is 10.5. The standard InChI is InChI=1S/C32H33ClN4O6S2/c1-22-27(33)9-4-11-29(22)43-15-5-12-30(38)37-14-16-44-31-26(8-3-10-28(31)37)25-19-35-36(21-25)20-23-6-2-7-24(18-23)32(39)34-13-17-45(40,41)42/h2-4,6-11,18-19,21H,5,12-17,20H2,1H3,(H,34,39)(H,40,41,42). The van der Waals surface area contributed by atoms with Crippen LogP contribution in [0.15, 0.2) is 78.0 Å². The van der Waals surface area contributed by atoms with Crippen molar-refractivity contribution in [3.63, 3.8) is 0 Å². The van der Waals surface area contributed by atoms with Crippen molar-refractivity contribution in [2.75, 3.05) is 36.1 Å². The zero-order valence-electron chi connectivity index (χ0n) is 24.6. The number of anilines is 1. The van der Waals surface area contributed by atoms with E-state index in [1.807, 2.05) is 60.5 Å². The van der Waals surface area contributed by atoms with Gasteiger partial charge in [0.25, 0.3) is 16.0 Å². The zero-order valence-corrected chi connectivity index (χ0v) is 27.0. The molecule has 3 aromatic carbocycles. The van der Waals surface area contributed by atoms with Gasteiger partial charge in [0.05, 0.1) is 30.8 Å². The highest BCUT2D eigenvalue weighted by atomic mass is 35.5. The van der Waals surface area contributed by atoms with Crippen LogP contribution in [-0.4, -0.2) is 65.8 Å². The maximum absolute atomic E-state index is 13.3. The van der Waals surface area contributed by atoms with Crippen molar-refractivity contribution < 1.29 is 27.3 Å². The van der Waals surface area contributed by atoms with E-state index in [4.69, 9.17) is 20.9 Å². The van der Waals surface area contributed by atoms with E-state index in [1.165, 1.54) is 0 Å². The van der Waals surface area contributed by atoms with Crippen LogP contribution in [0, 0.1) is 6.92 Å². The third-order valence-corrected chi connectivity index (χ3v) is 9.52. The third kappa shape index (κ3) is 8.46. The molecule has 236 valence electrons. The number of rotatable bonds is 12. The number of benzene rings is 3. The van der Waals surface area contributed by atoms with Gasteiger partial charge in [0.15, 0.2) is 0 Å². The van der Waals surface area contributed by atoms with E-state index in [-0.39, 0.29) is 12.5 Å². The topological polar surface area (TPSA) is 131 Å². The normalized spacial score (nSPS) is 12.9. The minimum absolute atomic E-state index is 0.0534. The van der Waals surface area contributed by atoms with E-state index in [1.54, 1.807) is 40.8 Å². The highest BCUT2D eigenvalue weighted by molar-refractivity contribution is 7.99. The minimum atomic E-state index is -4.16. The molecule has 0 saturated carbocycles. The largest absolute Gasteiger partial charge is 0.493 e. The van der Waals surface area contributed by atoms with Crippen LogP contribution in [0.25, 0.3) is 11.1 Å². The van der Waals surface area contributed by atoms with Gasteiger partial charge in [-0.2, -0.15) is 13.5 Å². The fourth-order valence-corrected chi connectivity index (χ4v) is 6.67. The number of nitrogens with one attached hydrogen (secondary N) is 1. The number of nitrogens with zero attached hydrogens (tertiary/aromatic N) is 3. The van der Waals surface area contributed by atoms with Crippen molar-refractivity contribution >= 4 is 51.0 Å². The van der Waals surface area contributed by atoms with Crippen LogP contribution in [0.2, 0.25) is 5.02 Å². The quantitative estimate of drug-likeness (QED) is 0.150. The summed E-state index contributed by atoms with van der Waals surface area (Å²) in [7, 11) is -4.16. The Balaban J connectivity index is 1.22. The molecule has 10 nitrogen and oxygen atoms in total. The van der Waals surface area contributed by atoms with E-state index in [0.29, 0.717) is 43.1 Å². The van der Waals surface area contributed by atoms with Crippen molar-refractivity contribution in [1.82, 2.24) is 15.1 Å². The molecule has 45 heavy (non-hydrogen) atoms. The number of hydrogen-bond acceptors (Lipinski definition) is 7. The van der Waals surface area contributed by atoms with Crippen molar-refractivity contribution in [1.29, 1.82) is 0 Å². The third-order valence-electron chi connectivity index (χ3n) is 7.28. The molecular weight excluding hydrogens is 636 g/mol. The van der Waals surface area contributed by atoms with E-state index in [9.17, 15) is 18.0 Å². The Bertz CT molecular complexity index is 1810. The number of fused-ring (bicyclic) bond motifs is 1. The summed E-state index contributed by atoms with van der Waals surface area (Å²) >= 11 is 7.90. The molecule has 1 aliphatic rings. The summed E-state index contributed by atoms with van der Waals surface area (Å²) in [6.45, 7) is 3.18. The summed E-state index contributed by atoms with van der Waals surface area (Å²) in [5, 5.41) is 7.69. The predicted octanol–water partition coefficient (Wildman–Crippen LogP) is 5.48. The molecule has 1 aliphatic heterocycles.